The molecule has 102 valence electrons. The molecule has 1 fully saturated rings. The minimum Gasteiger partial charge on any atom is -0.481 e. The van der Waals surface area contributed by atoms with Crippen molar-refractivity contribution in [1.82, 2.24) is 5.32 Å². The van der Waals surface area contributed by atoms with Crippen molar-refractivity contribution in [3.8, 4) is 18.1 Å². The zero-order valence-electron chi connectivity index (χ0n) is 11.4. The Hall–Kier alpha value is -1.11. The predicted molar refractivity (Wildman–Crippen MR) is 82.6 cm³/mol. The summed E-state index contributed by atoms with van der Waals surface area (Å²) >= 11 is 1.99. The molecule has 19 heavy (non-hydrogen) atoms. The molecule has 0 spiro atoms. The zero-order chi connectivity index (χ0) is 13.6. The van der Waals surface area contributed by atoms with E-state index in [0.717, 1.165) is 18.8 Å². The fourth-order valence-corrected chi connectivity index (χ4v) is 3.30. The van der Waals surface area contributed by atoms with Crippen molar-refractivity contribution in [3.63, 3.8) is 0 Å². The van der Waals surface area contributed by atoms with Gasteiger partial charge >= 0.3 is 0 Å². The third-order valence-electron chi connectivity index (χ3n) is 3.74. The Bertz CT molecular complexity index is 443. The SMILES string of the molecule is C#CCOc1ccccc1CNCC1(SC)CCC1. The Morgan fingerprint density at radius 1 is 1.42 bits per heavy atom. The van der Waals surface area contributed by atoms with Crippen molar-refractivity contribution >= 4 is 11.8 Å². The third kappa shape index (κ3) is 3.68. The summed E-state index contributed by atoms with van der Waals surface area (Å²) in [5.41, 5.74) is 1.17. The summed E-state index contributed by atoms with van der Waals surface area (Å²) in [7, 11) is 0. The molecule has 2 rings (SSSR count). The Morgan fingerprint density at radius 2 is 2.21 bits per heavy atom. The highest BCUT2D eigenvalue weighted by Crippen LogP contribution is 2.42. The molecule has 0 heterocycles. The molecular weight excluding hydrogens is 254 g/mol. The van der Waals surface area contributed by atoms with Crippen molar-refractivity contribution in [2.45, 2.75) is 30.6 Å². The molecule has 0 amide bonds. The summed E-state index contributed by atoms with van der Waals surface area (Å²) in [6.07, 6.45) is 11.5. The summed E-state index contributed by atoms with van der Waals surface area (Å²) < 4.78 is 6.02. The molecule has 1 aromatic rings. The van der Waals surface area contributed by atoms with Crippen LogP contribution in [0.2, 0.25) is 0 Å². The minimum atomic E-state index is 0.325. The second kappa shape index (κ2) is 6.88. The van der Waals surface area contributed by atoms with E-state index in [4.69, 9.17) is 11.2 Å². The molecule has 1 saturated carbocycles. The molecule has 2 nitrogen and oxygen atoms in total. The Labute approximate surface area is 120 Å². The van der Waals surface area contributed by atoms with Crippen LogP contribution in [0.3, 0.4) is 0 Å². The summed E-state index contributed by atoms with van der Waals surface area (Å²) in [5.74, 6) is 3.39. The molecule has 1 aromatic carbocycles. The number of para-hydroxylation sites is 1. The first-order valence-electron chi connectivity index (χ1n) is 6.70. The third-order valence-corrected chi connectivity index (χ3v) is 5.16. The number of thioether (sulfide) groups is 1. The highest BCUT2D eigenvalue weighted by atomic mass is 32.2. The summed E-state index contributed by atoms with van der Waals surface area (Å²) in [5, 5.41) is 3.56. The molecule has 3 heteroatoms. The van der Waals surface area contributed by atoms with Crippen LogP contribution in [0.5, 0.6) is 5.75 Å². The second-order valence-corrected chi connectivity index (χ2v) is 6.22. The Kier molecular flexibility index (Phi) is 5.18. The molecule has 0 aliphatic heterocycles. The molecule has 0 radical (unpaired) electrons. The van der Waals surface area contributed by atoms with Crippen LogP contribution in [0.1, 0.15) is 24.8 Å². The van der Waals surface area contributed by atoms with Crippen molar-refractivity contribution in [2.75, 3.05) is 19.4 Å². The van der Waals surface area contributed by atoms with Crippen LogP contribution < -0.4 is 10.1 Å². The quantitative estimate of drug-likeness (QED) is 0.773. The fourth-order valence-electron chi connectivity index (χ4n) is 2.36. The number of terminal acetylenes is 1. The Balaban J connectivity index is 1.87. The summed E-state index contributed by atoms with van der Waals surface area (Å²) in [6, 6.07) is 8.07. The number of nitrogens with one attached hydrogen (secondary N) is 1. The number of hydrogen-bond donors (Lipinski definition) is 1. The van der Waals surface area contributed by atoms with Crippen LogP contribution in [0, 0.1) is 12.3 Å². The molecule has 1 aliphatic carbocycles. The van der Waals surface area contributed by atoms with Gasteiger partial charge in [-0.05, 0) is 25.2 Å². The van der Waals surface area contributed by atoms with E-state index in [1.165, 1.54) is 24.8 Å². The molecule has 0 aromatic heterocycles. The van der Waals surface area contributed by atoms with Crippen LogP contribution in [0.25, 0.3) is 0 Å². The van der Waals surface area contributed by atoms with Gasteiger partial charge in [-0.25, -0.2) is 0 Å². The maximum atomic E-state index is 5.55. The van der Waals surface area contributed by atoms with Crippen LogP contribution in [0.4, 0.5) is 0 Å². The van der Waals surface area contributed by atoms with Gasteiger partial charge in [-0.2, -0.15) is 11.8 Å². The summed E-state index contributed by atoms with van der Waals surface area (Å²) in [4.78, 5) is 0. The van der Waals surface area contributed by atoms with E-state index in [1.54, 1.807) is 0 Å². The van der Waals surface area contributed by atoms with E-state index in [-0.39, 0.29) is 0 Å². The van der Waals surface area contributed by atoms with Crippen LogP contribution in [-0.2, 0) is 6.54 Å². The van der Waals surface area contributed by atoms with Gasteiger partial charge in [-0.3, -0.25) is 0 Å². The normalized spacial score (nSPS) is 16.4. The highest BCUT2D eigenvalue weighted by Gasteiger charge is 2.35. The van der Waals surface area contributed by atoms with Gasteiger partial charge < -0.3 is 10.1 Å². The van der Waals surface area contributed by atoms with Gasteiger partial charge in [0.2, 0.25) is 0 Å². The first-order valence-corrected chi connectivity index (χ1v) is 7.92. The maximum absolute atomic E-state index is 5.55. The summed E-state index contributed by atoms with van der Waals surface area (Å²) in [6.45, 7) is 2.23. The van der Waals surface area contributed by atoms with Gasteiger partial charge in [0.25, 0.3) is 0 Å². The monoisotopic (exact) mass is 275 g/mol. The molecule has 1 aliphatic rings. The first kappa shape index (κ1) is 14.3. The first-order chi connectivity index (χ1) is 9.29. The average molecular weight is 275 g/mol. The largest absolute Gasteiger partial charge is 0.481 e. The number of benzene rings is 1. The lowest BCUT2D eigenvalue weighted by Gasteiger charge is -2.40. The van der Waals surface area contributed by atoms with Crippen molar-refractivity contribution in [3.05, 3.63) is 29.8 Å². The maximum Gasteiger partial charge on any atom is 0.148 e. The molecule has 1 N–H and O–H groups in total. The number of hydrogen-bond acceptors (Lipinski definition) is 3. The lowest BCUT2D eigenvalue weighted by molar-refractivity contribution is 0.340. The molecule has 0 saturated heterocycles. The number of ether oxygens (including phenoxy) is 1. The van der Waals surface area contributed by atoms with Crippen molar-refractivity contribution < 1.29 is 4.74 Å². The number of rotatable bonds is 7. The average Bonchev–Trinajstić information content (AvgIpc) is 2.40. The van der Waals surface area contributed by atoms with E-state index in [0.29, 0.717) is 11.4 Å². The highest BCUT2D eigenvalue weighted by molar-refractivity contribution is 8.00. The minimum absolute atomic E-state index is 0.325. The molecule has 0 bridgehead atoms. The van der Waals surface area contributed by atoms with Gasteiger partial charge in [0, 0.05) is 23.4 Å². The molecule has 0 atom stereocenters. The van der Waals surface area contributed by atoms with Gasteiger partial charge in [-0.1, -0.05) is 30.5 Å². The standard InChI is InChI=1S/C16H21NOS/c1-3-11-18-15-8-5-4-7-14(15)12-17-13-16(19-2)9-6-10-16/h1,4-5,7-8,17H,6,9-13H2,2H3. The van der Waals surface area contributed by atoms with E-state index in [9.17, 15) is 0 Å². The van der Waals surface area contributed by atoms with E-state index < -0.39 is 0 Å². The van der Waals surface area contributed by atoms with Crippen LogP contribution in [-0.4, -0.2) is 24.2 Å². The zero-order valence-corrected chi connectivity index (χ0v) is 12.3. The fraction of sp³-hybridized carbons (Fsp3) is 0.500. The van der Waals surface area contributed by atoms with Crippen molar-refractivity contribution in [1.29, 1.82) is 0 Å². The second-order valence-electron chi connectivity index (χ2n) is 4.94. The lowest BCUT2D eigenvalue weighted by atomic mass is 9.84. The smallest absolute Gasteiger partial charge is 0.148 e. The van der Waals surface area contributed by atoms with Crippen LogP contribution >= 0.6 is 11.8 Å². The van der Waals surface area contributed by atoms with E-state index in [2.05, 4.69) is 23.6 Å². The van der Waals surface area contributed by atoms with Crippen LogP contribution in [0.15, 0.2) is 24.3 Å². The van der Waals surface area contributed by atoms with Gasteiger partial charge in [0.15, 0.2) is 0 Å². The van der Waals surface area contributed by atoms with E-state index >= 15 is 0 Å². The lowest BCUT2D eigenvalue weighted by Crippen LogP contribution is -2.43. The van der Waals surface area contributed by atoms with Gasteiger partial charge in [-0.15, -0.1) is 6.42 Å². The molecule has 0 unspecified atom stereocenters. The van der Waals surface area contributed by atoms with Gasteiger partial charge in [0.1, 0.15) is 12.4 Å². The van der Waals surface area contributed by atoms with E-state index in [1.807, 2.05) is 30.0 Å². The van der Waals surface area contributed by atoms with Crippen molar-refractivity contribution in [2.24, 2.45) is 0 Å². The predicted octanol–water partition coefficient (Wildman–Crippen LogP) is 3.07. The Morgan fingerprint density at radius 3 is 2.84 bits per heavy atom. The topological polar surface area (TPSA) is 21.3 Å². The van der Waals surface area contributed by atoms with Gasteiger partial charge in [0.05, 0.1) is 0 Å². The molecular formula is C16H21NOS.